The molecule has 0 saturated heterocycles. The topological polar surface area (TPSA) is 52.4 Å². The number of halogens is 4. The fraction of sp³-hybridized carbons (Fsp3) is 0.235. The molecule has 138 valence electrons. The fourth-order valence-corrected chi connectivity index (χ4v) is 2.54. The molecule has 0 N–H and O–H groups in total. The number of rotatable bonds is 6. The zero-order chi connectivity index (χ0) is 19.5. The highest BCUT2D eigenvalue weighted by Gasteiger charge is 2.31. The minimum Gasteiger partial charge on any atom is -0.456 e. The molecular formula is C17H13ClF3NO3S. The summed E-state index contributed by atoms with van der Waals surface area (Å²) in [5.41, 5.74) is -0.637. The molecule has 0 aliphatic carbocycles. The fourth-order valence-electron chi connectivity index (χ4n) is 2.17. The van der Waals surface area contributed by atoms with Crippen LogP contribution in [-0.4, -0.2) is 9.79 Å². The van der Waals surface area contributed by atoms with Gasteiger partial charge in [-0.25, -0.2) is 0 Å². The number of nitro benzene ring substituents is 1. The van der Waals surface area contributed by atoms with Crippen LogP contribution in [0.25, 0.3) is 0 Å². The second-order valence-electron chi connectivity index (χ2n) is 5.36. The van der Waals surface area contributed by atoms with Crippen LogP contribution in [0.1, 0.15) is 24.5 Å². The first-order valence-electron chi connectivity index (χ1n) is 7.45. The first kappa shape index (κ1) is 20.1. The van der Waals surface area contributed by atoms with Crippen molar-refractivity contribution in [2.45, 2.75) is 25.9 Å². The standard InChI is InChI=1S/C17H13ClF3NO3S/c1-2-13(26)8-10-7-12(4-5-15(10)22(23)24)25-16-6-3-11(9-14(16)18)17(19,20)21/h3-7,9H,2,8H2,1H3. The van der Waals surface area contributed by atoms with E-state index in [2.05, 4.69) is 0 Å². The Balaban J connectivity index is 2.33. The molecule has 0 aliphatic rings. The normalized spacial score (nSPS) is 11.3. The number of hydrogen-bond acceptors (Lipinski definition) is 4. The summed E-state index contributed by atoms with van der Waals surface area (Å²) in [5, 5.41) is 10.9. The minimum absolute atomic E-state index is 0.0116. The quantitative estimate of drug-likeness (QED) is 0.319. The van der Waals surface area contributed by atoms with Crippen molar-refractivity contribution in [3.63, 3.8) is 0 Å². The molecule has 0 spiro atoms. The van der Waals surface area contributed by atoms with Crippen LogP contribution in [0.2, 0.25) is 5.02 Å². The molecule has 0 amide bonds. The Labute approximate surface area is 157 Å². The van der Waals surface area contributed by atoms with E-state index in [4.69, 9.17) is 28.6 Å². The smallest absolute Gasteiger partial charge is 0.416 e. The number of hydrogen-bond donors (Lipinski definition) is 0. The Morgan fingerprint density at radius 1 is 1.27 bits per heavy atom. The summed E-state index contributed by atoms with van der Waals surface area (Å²) in [5.74, 6) is 0.226. The summed E-state index contributed by atoms with van der Waals surface area (Å²) in [7, 11) is 0. The van der Waals surface area contributed by atoms with Gasteiger partial charge in [-0.15, -0.1) is 0 Å². The average Bonchev–Trinajstić information content (AvgIpc) is 2.55. The van der Waals surface area contributed by atoms with Crippen LogP contribution in [0.15, 0.2) is 36.4 Å². The van der Waals surface area contributed by atoms with Crippen LogP contribution in [0.5, 0.6) is 11.5 Å². The molecule has 0 aromatic heterocycles. The van der Waals surface area contributed by atoms with Gasteiger partial charge in [0.1, 0.15) is 11.5 Å². The minimum atomic E-state index is -4.52. The van der Waals surface area contributed by atoms with Crippen molar-refractivity contribution in [2.24, 2.45) is 0 Å². The number of thiocarbonyl (C=S) groups is 1. The largest absolute Gasteiger partial charge is 0.456 e. The number of alkyl halides is 3. The lowest BCUT2D eigenvalue weighted by Gasteiger charge is -2.12. The van der Waals surface area contributed by atoms with E-state index in [1.807, 2.05) is 6.92 Å². The predicted octanol–water partition coefficient (Wildman–Crippen LogP) is 6.38. The van der Waals surface area contributed by atoms with E-state index in [0.29, 0.717) is 16.8 Å². The molecular weight excluding hydrogens is 391 g/mol. The van der Waals surface area contributed by atoms with Gasteiger partial charge >= 0.3 is 6.18 Å². The Hall–Kier alpha value is -2.19. The van der Waals surface area contributed by atoms with E-state index in [-0.39, 0.29) is 28.6 Å². The van der Waals surface area contributed by atoms with Crippen molar-refractivity contribution in [1.29, 1.82) is 0 Å². The molecule has 0 heterocycles. The molecule has 0 atom stereocenters. The van der Waals surface area contributed by atoms with Gasteiger partial charge in [-0.1, -0.05) is 30.7 Å². The number of nitrogens with zero attached hydrogens (tertiary/aromatic N) is 1. The Morgan fingerprint density at radius 3 is 2.50 bits per heavy atom. The van der Waals surface area contributed by atoms with Gasteiger partial charge in [0.2, 0.25) is 0 Å². The number of nitro groups is 1. The molecule has 2 aromatic rings. The van der Waals surface area contributed by atoms with Gasteiger partial charge in [-0.05, 0) is 41.6 Å². The maximum absolute atomic E-state index is 12.7. The van der Waals surface area contributed by atoms with Gasteiger partial charge in [0.15, 0.2) is 0 Å². The Bertz CT molecular complexity index is 856. The second kappa shape index (κ2) is 8.01. The Kier molecular flexibility index (Phi) is 6.20. The van der Waals surface area contributed by atoms with Crippen LogP contribution in [0, 0.1) is 10.1 Å². The van der Waals surface area contributed by atoms with Crippen LogP contribution in [0.3, 0.4) is 0 Å². The number of ether oxygens (including phenoxy) is 1. The zero-order valence-corrected chi connectivity index (χ0v) is 15.0. The van der Waals surface area contributed by atoms with Crippen molar-refractivity contribution in [1.82, 2.24) is 0 Å². The molecule has 2 aromatic carbocycles. The molecule has 0 aliphatic heterocycles. The van der Waals surface area contributed by atoms with Gasteiger partial charge in [0, 0.05) is 18.1 Å². The summed E-state index contributed by atoms with van der Waals surface area (Å²) >= 11 is 11.0. The van der Waals surface area contributed by atoms with Gasteiger partial charge in [-0.2, -0.15) is 13.2 Å². The monoisotopic (exact) mass is 403 g/mol. The highest BCUT2D eigenvalue weighted by molar-refractivity contribution is 7.80. The first-order chi connectivity index (χ1) is 12.1. The van der Waals surface area contributed by atoms with Crippen LogP contribution in [0.4, 0.5) is 18.9 Å². The highest BCUT2D eigenvalue weighted by Crippen LogP contribution is 2.37. The molecule has 0 bridgehead atoms. The summed E-state index contributed by atoms with van der Waals surface area (Å²) in [6.07, 6.45) is -3.71. The van der Waals surface area contributed by atoms with Crippen molar-refractivity contribution in [3.8, 4) is 11.5 Å². The third-order valence-electron chi connectivity index (χ3n) is 3.52. The highest BCUT2D eigenvalue weighted by atomic mass is 35.5. The first-order valence-corrected chi connectivity index (χ1v) is 8.24. The summed E-state index contributed by atoms with van der Waals surface area (Å²) in [4.78, 5) is 11.3. The lowest BCUT2D eigenvalue weighted by Crippen LogP contribution is -2.04. The third-order valence-corrected chi connectivity index (χ3v) is 4.25. The van der Waals surface area contributed by atoms with Crippen LogP contribution in [-0.2, 0) is 12.6 Å². The van der Waals surface area contributed by atoms with E-state index in [9.17, 15) is 23.3 Å². The van der Waals surface area contributed by atoms with E-state index >= 15 is 0 Å². The molecule has 0 fully saturated rings. The molecule has 0 radical (unpaired) electrons. The SMILES string of the molecule is CCC(=S)Cc1cc(Oc2ccc(C(F)(F)F)cc2Cl)ccc1[N+](=O)[O-]. The van der Waals surface area contributed by atoms with Crippen molar-refractivity contribution < 1.29 is 22.8 Å². The molecule has 2 rings (SSSR count). The lowest BCUT2D eigenvalue weighted by atomic mass is 10.1. The summed E-state index contributed by atoms with van der Waals surface area (Å²) in [6, 6.07) is 6.76. The zero-order valence-electron chi connectivity index (χ0n) is 13.5. The van der Waals surface area contributed by atoms with Gasteiger partial charge in [0.25, 0.3) is 5.69 Å². The maximum Gasteiger partial charge on any atom is 0.416 e. The molecule has 4 nitrogen and oxygen atoms in total. The van der Waals surface area contributed by atoms with Gasteiger partial charge in [0.05, 0.1) is 15.5 Å². The van der Waals surface area contributed by atoms with Crippen LogP contribution >= 0.6 is 23.8 Å². The van der Waals surface area contributed by atoms with Crippen LogP contribution < -0.4 is 4.74 Å². The maximum atomic E-state index is 12.7. The summed E-state index contributed by atoms with van der Waals surface area (Å²) in [6.45, 7) is 1.84. The molecule has 26 heavy (non-hydrogen) atoms. The molecule has 0 saturated carbocycles. The average molecular weight is 404 g/mol. The van der Waals surface area contributed by atoms with Gasteiger partial charge in [-0.3, -0.25) is 10.1 Å². The summed E-state index contributed by atoms with van der Waals surface area (Å²) < 4.78 is 43.5. The lowest BCUT2D eigenvalue weighted by molar-refractivity contribution is -0.385. The second-order valence-corrected chi connectivity index (χ2v) is 6.35. The third kappa shape index (κ3) is 4.92. The number of benzene rings is 2. The van der Waals surface area contributed by atoms with Crippen molar-refractivity contribution >= 4 is 34.4 Å². The van der Waals surface area contributed by atoms with Crippen molar-refractivity contribution in [3.05, 3.63) is 62.7 Å². The molecule has 9 heteroatoms. The van der Waals surface area contributed by atoms with Crippen molar-refractivity contribution in [2.75, 3.05) is 0 Å². The Morgan fingerprint density at radius 2 is 1.96 bits per heavy atom. The van der Waals surface area contributed by atoms with E-state index in [1.165, 1.54) is 18.2 Å². The predicted molar refractivity (Wildman–Crippen MR) is 96.2 cm³/mol. The van der Waals surface area contributed by atoms with Gasteiger partial charge < -0.3 is 4.74 Å². The van der Waals surface area contributed by atoms with E-state index in [1.54, 1.807) is 0 Å². The van der Waals surface area contributed by atoms with E-state index < -0.39 is 16.7 Å². The van der Waals surface area contributed by atoms with E-state index in [0.717, 1.165) is 18.2 Å². The molecule has 0 unspecified atom stereocenters.